The number of fused-ring (bicyclic) bond motifs is 1. The molecule has 70 heavy (non-hydrogen) atoms. The molecule has 4 aromatic rings. The van der Waals surface area contributed by atoms with E-state index in [0.29, 0.717) is 114 Å². The highest BCUT2D eigenvalue weighted by molar-refractivity contribution is 5.98. The fourth-order valence-corrected chi connectivity index (χ4v) is 6.88. The quantitative estimate of drug-likeness (QED) is 0.0453. The standard InChI is InChI=1S/C50H71N7O13/c1-49(2,3)69-47(59)56(48(60)70-50(4,5)6)21-23-62-25-27-64-29-31-66-33-35-67-34-32-65-30-28-63-26-24-61-22-11-15-42(58)55-20-10-12-39(36-55)57-46-43(45(51)52-37-53-46)44(54-57)38-16-18-41(19-17-38)68-40-13-8-7-9-14-40/h7-9,11,13-19,37,39H,10,12,20-36H2,1-6H3,(H2,51,52,53)/b15-11+/t39-/m1/s1. The minimum absolute atomic E-state index is 0.0237. The summed E-state index contributed by atoms with van der Waals surface area (Å²) in [5, 5.41) is 5.67. The molecule has 1 atom stereocenters. The number of ether oxygens (including phenoxy) is 10. The number of piperidine rings is 1. The van der Waals surface area contributed by atoms with E-state index in [4.69, 9.17) is 58.2 Å². The van der Waals surface area contributed by atoms with E-state index in [9.17, 15) is 14.4 Å². The van der Waals surface area contributed by atoms with Gasteiger partial charge in [0.05, 0.1) is 110 Å². The molecule has 0 aliphatic carbocycles. The second-order valence-electron chi connectivity index (χ2n) is 18.0. The van der Waals surface area contributed by atoms with E-state index in [1.54, 1.807) is 53.7 Å². The minimum Gasteiger partial charge on any atom is -0.457 e. The Morgan fingerprint density at radius 1 is 0.686 bits per heavy atom. The van der Waals surface area contributed by atoms with Crippen molar-refractivity contribution in [2.45, 2.75) is 71.6 Å². The molecule has 1 saturated heterocycles. The molecule has 0 unspecified atom stereocenters. The maximum atomic E-state index is 13.2. The van der Waals surface area contributed by atoms with Crippen molar-refractivity contribution in [3.05, 3.63) is 73.1 Å². The summed E-state index contributed by atoms with van der Waals surface area (Å²) in [6, 6.07) is 17.2. The van der Waals surface area contributed by atoms with Gasteiger partial charge < -0.3 is 58.0 Å². The third-order valence-electron chi connectivity index (χ3n) is 10.1. The fourth-order valence-electron chi connectivity index (χ4n) is 6.88. The van der Waals surface area contributed by atoms with Crippen LogP contribution in [0.2, 0.25) is 0 Å². The zero-order valence-corrected chi connectivity index (χ0v) is 41.5. The van der Waals surface area contributed by atoms with Gasteiger partial charge in [-0.1, -0.05) is 24.3 Å². The van der Waals surface area contributed by atoms with Crippen molar-refractivity contribution in [3.63, 3.8) is 0 Å². The van der Waals surface area contributed by atoms with E-state index >= 15 is 0 Å². The van der Waals surface area contributed by atoms with Gasteiger partial charge in [0.1, 0.15) is 40.5 Å². The van der Waals surface area contributed by atoms with Gasteiger partial charge in [0, 0.05) is 24.7 Å². The van der Waals surface area contributed by atoms with E-state index < -0.39 is 23.4 Å². The molecule has 384 valence electrons. The van der Waals surface area contributed by atoms with Crippen molar-refractivity contribution in [2.75, 3.05) is 118 Å². The van der Waals surface area contributed by atoms with Gasteiger partial charge in [-0.25, -0.2) is 29.1 Å². The first-order valence-corrected chi connectivity index (χ1v) is 23.7. The van der Waals surface area contributed by atoms with E-state index in [2.05, 4.69) is 9.97 Å². The number of nitrogen functional groups attached to an aromatic ring is 1. The average molecular weight is 978 g/mol. The summed E-state index contributed by atoms with van der Waals surface area (Å²) in [6.45, 7) is 16.5. The lowest BCUT2D eigenvalue weighted by Crippen LogP contribution is -2.45. The van der Waals surface area contributed by atoms with E-state index in [-0.39, 0.29) is 38.3 Å². The maximum absolute atomic E-state index is 13.2. The Labute approximate surface area is 410 Å². The summed E-state index contributed by atoms with van der Waals surface area (Å²) in [5.74, 6) is 1.70. The largest absolute Gasteiger partial charge is 0.457 e. The zero-order valence-electron chi connectivity index (χ0n) is 41.5. The number of benzene rings is 2. The molecule has 0 saturated carbocycles. The van der Waals surface area contributed by atoms with Gasteiger partial charge in [0.25, 0.3) is 0 Å². The summed E-state index contributed by atoms with van der Waals surface area (Å²) < 4.78 is 57.4. The van der Waals surface area contributed by atoms with Gasteiger partial charge in [-0.15, -0.1) is 0 Å². The Hall–Kier alpha value is -5.74. The van der Waals surface area contributed by atoms with Crippen LogP contribution < -0.4 is 10.5 Å². The van der Waals surface area contributed by atoms with Crippen LogP contribution in [0.3, 0.4) is 0 Å². The topological polar surface area (TPSA) is 220 Å². The van der Waals surface area contributed by atoms with Crippen LogP contribution in [0.1, 0.15) is 60.4 Å². The monoisotopic (exact) mass is 978 g/mol. The molecule has 0 spiro atoms. The van der Waals surface area contributed by atoms with Gasteiger partial charge in [-0.3, -0.25) is 4.79 Å². The van der Waals surface area contributed by atoms with Gasteiger partial charge in [-0.2, -0.15) is 5.10 Å². The van der Waals surface area contributed by atoms with Crippen molar-refractivity contribution in [2.24, 2.45) is 0 Å². The Morgan fingerprint density at radius 2 is 1.20 bits per heavy atom. The molecule has 2 aromatic carbocycles. The molecule has 3 amide bonds. The first kappa shape index (κ1) is 55.2. The van der Waals surface area contributed by atoms with E-state index in [1.165, 1.54) is 6.33 Å². The highest BCUT2D eigenvalue weighted by atomic mass is 16.6. The molecule has 5 rings (SSSR count). The number of amides is 3. The average Bonchev–Trinajstić information content (AvgIpc) is 3.72. The number of imide groups is 1. The third kappa shape index (κ3) is 19.6. The van der Waals surface area contributed by atoms with Crippen LogP contribution >= 0.6 is 0 Å². The number of hydrogen-bond acceptors (Lipinski definition) is 17. The smallest absolute Gasteiger partial charge is 0.419 e. The summed E-state index contributed by atoms with van der Waals surface area (Å²) in [6.07, 6.45) is 4.77. The van der Waals surface area contributed by atoms with Crippen molar-refractivity contribution >= 4 is 34.9 Å². The first-order chi connectivity index (χ1) is 33.7. The lowest BCUT2D eigenvalue weighted by Gasteiger charge is -2.32. The Balaban J connectivity index is 0.846. The number of nitrogens with two attached hydrogens (primary N) is 1. The number of anilines is 1. The van der Waals surface area contributed by atoms with Crippen LogP contribution in [0.4, 0.5) is 15.4 Å². The summed E-state index contributed by atoms with van der Waals surface area (Å²) in [5.41, 5.74) is 7.00. The second-order valence-corrected chi connectivity index (χ2v) is 18.0. The SMILES string of the molecule is CC(C)(C)OC(=O)N(CCOCCOCCOCCOCCOCCOCCOC/C=C/C(=O)N1CCC[C@@H](n2nc(-c3ccc(Oc4ccccc4)cc3)c3c(N)ncnc32)C1)C(=O)OC(C)(C)C. The zero-order chi connectivity index (χ0) is 50.2. The number of para-hydroxylation sites is 1. The van der Waals surface area contributed by atoms with Crippen LogP contribution in [0.15, 0.2) is 73.1 Å². The Bertz CT molecular complexity index is 2180. The number of nitrogens with zero attached hydrogens (tertiary/aromatic N) is 6. The van der Waals surface area contributed by atoms with Crippen LogP contribution in [0.5, 0.6) is 11.5 Å². The third-order valence-corrected chi connectivity index (χ3v) is 10.1. The number of aromatic nitrogens is 4. The predicted molar refractivity (Wildman–Crippen MR) is 261 cm³/mol. The van der Waals surface area contributed by atoms with Gasteiger partial charge >= 0.3 is 12.2 Å². The van der Waals surface area contributed by atoms with Crippen molar-refractivity contribution < 1.29 is 61.8 Å². The predicted octanol–water partition coefficient (Wildman–Crippen LogP) is 6.88. The fraction of sp³-hybridized carbons (Fsp3) is 0.560. The summed E-state index contributed by atoms with van der Waals surface area (Å²) in [7, 11) is 0. The first-order valence-electron chi connectivity index (χ1n) is 23.7. The molecule has 20 heteroatoms. The molecule has 1 aliphatic heterocycles. The van der Waals surface area contributed by atoms with Gasteiger partial charge in [0.15, 0.2) is 5.65 Å². The normalized spacial score (nSPS) is 14.3. The van der Waals surface area contributed by atoms with Crippen molar-refractivity contribution in [1.82, 2.24) is 29.5 Å². The molecule has 20 nitrogen and oxygen atoms in total. The van der Waals surface area contributed by atoms with Crippen LogP contribution in [0.25, 0.3) is 22.3 Å². The van der Waals surface area contributed by atoms with E-state index in [0.717, 1.165) is 29.1 Å². The van der Waals surface area contributed by atoms with Crippen LogP contribution in [-0.4, -0.2) is 171 Å². The molecule has 0 bridgehead atoms. The lowest BCUT2D eigenvalue weighted by molar-refractivity contribution is -0.127. The van der Waals surface area contributed by atoms with Crippen LogP contribution in [-0.2, 0) is 47.4 Å². The lowest BCUT2D eigenvalue weighted by atomic mass is 10.1. The highest BCUT2D eigenvalue weighted by Gasteiger charge is 2.31. The maximum Gasteiger partial charge on any atom is 0.419 e. The number of rotatable bonds is 28. The Morgan fingerprint density at radius 3 is 1.74 bits per heavy atom. The van der Waals surface area contributed by atoms with E-state index in [1.807, 2.05) is 64.2 Å². The second kappa shape index (κ2) is 28.8. The highest BCUT2D eigenvalue weighted by Crippen LogP contribution is 2.35. The van der Waals surface area contributed by atoms with Gasteiger partial charge in [-0.05, 0) is 90.8 Å². The molecule has 2 aromatic heterocycles. The summed E-state index contributed by atoms with van der Waals surface area (Å²) in [4.78, 5) is 49.8. The molecule has 3 heterocycles. The van der Waals surface area contributed by atoms with Gasteiger partial charge in [0.2, 0.25) is 5.91 Å². The number of hydrogen-bond donors (Lipinski definition) is 1. The molecular formula is C50H71N7O13. The molecule has 0 radical (unpaired) electrons. The summed E-state index contributed by atoms with van der Waals surface area (Å²) >= 11 is 0. The number of likely N-dealkylation sites (tertiary alicyclic amines) is 1. The molecule has 2 N–H and O–H groups in total. The molecule has 1 aliphatic rings. The molecule has 1 fully saturated rings. The number of carbonyl (C=O) groups excluding carboxylic acids is 3. The molecular weight excluding hydrogens is 907 g/mol. The van der Waals surface area contributed by atoms with Crippen molar-refractivity contribution in [1.29, 1.82) is 0 Å². The minimum atomic E-state index is -0.795. The number of carbonyl (C=O) groups is 3. The van der Waals surface area contributed by atoms with Crippen LogP contribution in [0, 0.1) is 0 Å². The van der Waals surface area contributed by atoms with Crippen molar-refractivity contribution in [3.8, 4) is 22.8 Å². The Kier molecular flexibility index (Phi) is 22.7.